The molecule has 0 aromatic heterocycles. The second-order valence-electron chi connectivity index (χ2n) is 5.75. The van der Waals surface area contributed by atoms with Crippen LogP contribution in [0.3, 0.4) is 0 Å². The number of hydrogen-bond donors (Lipinski definition) is 2. The summed E-state index contributed by atoms with van der Waals surface area (Å²) in [6, 6.07) is 0. The van der Waals surface area contributed by atoms with Gasteiger partial charge in [0.05, 0.1) is 13.2 Å². The molecule has 9 heteroatoms. The molecule has 0 aliphatic carbocycles. The Hall–Kier alpha value is -1.55. The summed E-state index contributed by atoms with van der Waals surface area (Å²) in [7, 11) is 0. The maximum atomic E-state index is 12.1. The molecule has 25 heavy (non-hydrogen) atoms. The van der Waals surface area contributed by atoms with Gasteiger partial charge in [-0.1, -0.05) is 13.8 Å². The largest absolute Gasteiger partial charge is 0.463 e. The Bertz CT molecular complexity index is 489. The highest BCUT2D eigenvalue weighted by molar-refractivity contribution is 5.88. The molecule has 1 heterocycles. The van der Waals surface area contributed by atoms with Crippen molar-refractivity contribution in [3.63, 3.8) is 0 Å². The zero-order chi connectivity index (χ0) is 19.0. The minimum absolute atomic E-state index is 0.0882. The van der Waals surface area contributed by atoms with Crippen LogP contribution in [-0.2, 0) is 19.0 Å². The summed E-state index contributed by atoms with van der Waals surface area (Å²) in [4.78, 5) is 22.2. The lowest BCUT2D eigenvalue weighted by Gasteiger charge is -2.25. The van der Waals surface area contributed by atoms with E-state index in [1.54, 1.807) is 6.92 Å². The predicted molar refractivity (Wildman–Crippen MR) is 87.3 cm³/mol. The Morgan fingerprint density at radius 2 is 2.00 bits per heavy atom. The molecule has 0 saturated carbocycles. The van der Waals surface area contributed by atoms with Crippen LogP contribution in [0.25, 0.3) is 0 Å². The van der Waals surface area contributed by atoms with Crippen LogP contribution in [0.2, 0.25) is 0 Å². The van der Waals surface area contributed by atoms with Crippen molar-refractivity contribution in [2.24, 2.45) is 0 Å². The standard InChI is InChI=1S/C16H27NO8/c1-4-16(5-2)24-13(14(25-16)12(19)10-18)9-11(7-8-17(21)22)15(20)23-6-3/h9,12-14,18-19H,4-8,10H2,1-3H3. The maximum absolute atomic E-state index is 12.1. The summed E-state index contributed by atoms with van der Waals surface area (Å²) in [6.45, 7) is 4.51. The minimum atomic E-state index is -1.21. The molecule has 3 unspecified atom stereocenters. The van der Waals surface area contributed by atoms with E-state index in [1.165, 1.54) is 6.08 Å². The Balaban J connectivity index is 3.11. The molecule has 0 amide bonds. The van der Waals surface area contributed by atoms with Crippen LogP contribution in [0, 0.1) is 10.1 Å². The Morgan fingerprint density at radius 3 is 2.48 bits per heavy atom. The summed E-state index contributed by atoms with van der Waals surface area (Å²) in [5.41, 5.74) is 0.0882. The van der Waals surface area contributed by atoms with E-state index in [2.05, 4.69) is 0 Å². The third-order valence-electron chi connectivity index (χ3n) is 4.14. The van der Waals surface area contributed by atoms with Gasteiger partial charge in [0.15, 0.2) is 5.79 Å². The van der Waals surface area contributed by atoms with Gasteiger partial charge >= 0.3 is 5.97 Å². The number of hydrogen-bond acceptors (Lipinski definition) is 8. The van der Waals surface area contributed by atoms with Crippen molar-refractivity contribution in [2.75, 3.05) is 19.8 Å². The topological polar surface area (TPSA) is 128 Å². The van der Waals surface area contributed by atoms with Crippen molar-refractivity contribution in [1.29, 1.82) is 0 Å². The van der Waals surface area contributed by atoms with Crippen LogP contribution in [0.15, 0.2) is 11.6 Å². The van der Waals surface area contributed by atoms with Gasteiger partial charge in [-0.3, -0.25) is 10.1 Å². The minimum Gasteiger partial charge on any atom is -0.463 e. The SMILES string of the molecule is CCOC(=O)C(=CC1OC(CC)(CC)OC1C(O)CO)CC[N+](=O)[O-]. The zero-order valence-electron chi connectivity index (χ0n) is 14.8. The Morgan fingerprint density at radius 1 is 1.36 bits per heavy atom. The van der Waals surface area contributed by atoms with Crippen molar-refractivity contribution in [3.05, 3.63) is 21.8 Å². The molecular weight excluding hydrogens is 334 g/mol. The molecule has 1 saturated heterocycles. The smallest absolute Gasteiger partial charge is 0.334 e. The van der Waals surface area contributed by atoms with Crippen molar-refractivity contribution >= 4 is 5.97 Å². The van der Waals surface area contributed by atoms with Crippen LogP contribution < -0.4 is 0 Å². The van der Waals surface area contributed by atoms with Crippen LogP contribution in [0.5, 0.6) is 0 Å². The number of aliphatic hydroxyl groups excluding tert-OH is 2. The summed E-state index contributed by atoms with van der Waals surface area (Å²) < 4.78 is 16.7. The van der Waals surface area contributed by atoms with Crippen molar-refractivity contribution < 1.29 is 34.1 Å². The Kier molecular flexibility index (Phi) is 8.43. The third kappa shape index (κ3) is 5.74. The molecule has 9 nitrogen and oxygen atoms in total. The quantitative estimate of drug-likeness (QED) is 0.253. The second kappa shape index (κ2) is 9.81. The van der Waals surface area contributed by atoms with Gasteiger partial charge in [0.2, 0.25) is 6.54 Å². The van der Waals surface area contributed by atoms with E-state index in [-0.39, 0.29) is 18.6 Å². The first kappa shape index (κ1) is 21.5. The first-order valence-corrected chi connectivity index (χ1v) is 8.46. The van der Waals surface area contributed by atoms with Gasteiger partial charge in [0.25, 0.3) is 0 Å². The number of nitro groups is 1. The molecule has 2 N–H and O–H groups in total. The van der Waals surface area contributed by atoms with E-state index in [0.29, 0.717) is 12.8 Å². The molecule has 1 aliphatic rings. The number of carbonyl (C=O) groups excluding carboxylic acids is 1. The second-order valence-corrected chi connectivity index (χ2v) is 5.75. The first-order valence-electron chi connectivity index (χ1n) is 8.46. The number of aliphatic hydroxyl groups is 2. The lowest BCUT2D eigenvalue weighted by molar-refractivity contribution is -0.479. The van der Waals surface area contributed by atoms with Crippen molar-refractivity contribution in [2.45, 2.75) is 64.1 Å². The number of ether oxygens (including phenoxy) is 3. The summed E-state index contributed by atoms with van der Waals surface area (Å²) in [5.74, 6) is -1.61. The van der Waals surface area contributed by atoms with Crippen molar-refractivity contribution in [1.82, 2.24) is 0 Å². The molecule has 0 aromatic carbocycles. The van der Waals surface area contributed by atoms with Crippen molar-refractivity contribution in [3.8, 4) is 0 Å². The summed E-state index contributed by atoms with van der Waals surface area (Å²) in [5, 5.41) is 29.9. The highest BCUT2D eigenvalue weighted by Gasteiger charge is 2.47. The van der Waals surface area contributed by atoms with Gasteiger partial charge in [0, 0.05) is 16.9 Å². The fourth-order valence-corrected chi connectivity index (χ4v) is 2.66. The molecule has 1 fully saturated rings. The van der Waals surface area contributed by atoms with Crippen LogP contribution >= 0.6 is 0 Å². The predicted octanol–water partition coefficient (Wildman–Crippen LogP) is 0.796. The van der Waals surface area contributed by atoms with Gasteiger partial charge in [-0.2, -0.15) is 0 Å². The van der Waals surface area contributed by atoms with Gasteiger partial charge in [-0.15, -0.1) is 0 Å². The van der Waals surface area contributed by atoms with E-state index in [1.807, 2.05) is 13.8 Å². The van der Waals surface area contributed by atoms with E-state index in [9.17, 15) is 25.1 Å². The number of rotatable bonds is 10. The molecule has 1 rings (SSSR count). The van der Waals surface area contributed by atoms with Gasteiger partial charge < -0.3 is 24.4 Å². The van der Waals surface area contributed by atoms with Gasteiger partial charge in [0.1, 0.15) is 18.3 Å². The number of nitrogens with zero attached hydrogens (tertiary/aromatic N) is 1. The first-order chi connectivity index (χ1) is 11.8. The fraction of sp³-hybridized carbons (Fsp3) is 0.812. The lowest BCUT2D eigenvalue weighted by Crippen LogP contribution is -2.37. The van der Waals surface area contributed by atoms with Crippen LogP contribution in [0.4, 0.5) is 0 Å². The monoisotopic (exact) mass is 361 g/mol. The zero-order valence-corrected chi connectivity index (χ0v) is 14.8. The lowest BCUT2D eigenvalue weighted by atomic mass is 10.0. The maximum Gasteiger partial charge on any atom is 0.334 e. The molecule has 0 spiro atoms. The average Bonchev–Trinajstić information content (AvgIpc) is 2.97. The van der Waals surface area contributed by atoms with E-state index >= 15 is 0 Å². The van der Waals surface area contributed by atoms with E-state index in [4.69, 9.17) is 14.2 Å². The molecule has 1 aliphatic heterocycles. The molecule has 0 radical (unpaired) electrons. The molecule has 0 bridgehead atoms. The molecule has 0 aromatic rings. The Labute approximate surface area is 146 Å². The summed E-state index contributed by atoms with van der Waals surface area (Å²) >= 11 is 0. The average molecular weight is 361 g/mol. The van der Waals surface area contributed by atoms with Crippen LogP contribution in [-0.4, -0.2) is 65.0 Å². The number of esters is 1. The fourth-order valence-electron chi connectivity index (χ4n) is 2.66. The highest BCUT2D eigenvalue weighted by Crippen LogP contribution is 2.36. The van der Waals surface area contributed by atoms with E-state index in [0.717, 1.165) is 0 Å². The molecular formula is C16H27NO8. The van der Waals surface area contributed by atoms with Gasteiger partial charge in [-0.05, 0) is 25.8 Å². The third-order valence-corrected chi connectivity index (χ3v) is 4.14. The summed E-state index contributed by atoms with van der Waals surface area (Å²) in [6.07, 6.45) is -0.631. The normalized spacial score (nSPS) is 24.1. The van der Waals surface area contributed by atoms with Gasteiger partial charge in [-0.25, -0.2) is 4.79 Å². The van der Waals surface area contributed by atoms with Crippen LogP contribution in [0.1, 0.15) is 40.0 Å². The number of carbonyl (C=O) groups is 1. The molecule has 144 valence electrons. The highest BCUT2D eigenvalue weighted by atomic mass is 16.8. The molecule has 3 atom stereocenters. The van der Waals surface area contributed by atoms with E-state index < -0.39 is 48.1 Å².